The Hall–Kier alpha value is -1.57. The summed E-state index contributed by atoms with van der Waals surface area (Å²) in [4.78, 5) is 21.9. The van der Waals surface area contributed by atoms with Crippen LogP contribution in [0.5, 0.6) is 5.75 Å². The van der Waals surface area contributed by atoms with Gasteiger partial charge in [-0.25, -0.2) is 4.79 Å². The van der Waals surface area contributed by atoms with Crippen LogP contribution in [0.3, 0.4) is 0 Å². The molecular formula is C13H12BrF3O4. The number of alkyl halides is 4. The minimum atomic E-state index is -4.94. The zero-order chi connectivity index (χ0) is 16.2. The standard InChI is InChI=1S/C13H12BrF3O4/c1-3-20-12(19)8-4-5-9(11(14)7(2)18)10(6-8)21-13(15,16)17/h4-6,11H,3H2,1-2H3. The van der Waals surface area contributed by atoms with Crippen molar-refractivity contribution in [1.29, 1.82) is 0 Å². The van der Waals surface area contributed by atoms with Gasteiger partial charge in [0.1, 0.15) is 16.4 Å². The molecule has 0 aliphatic carbocycles. The Balaban J connectivity index is 3.26. The summed E-state index contributed by atoms with van der Waals surface area (Å²) in [7, 11) is 0. The van der Waals surface area contributed by atoms with E-state index in [1.165, 1.54) is 19.1 Å². The van der Waals surface area contributed by atoms with Gasteiger partial charge in [-0.15, -0.1) is 13.2 Å². The smallest absolute Gasteiger partial charge is 0.462 e. The molecular weight excluding hydrogens is 357 g/mol. The fourth-order valence-electron chi connectivity index (χ4n) is 1.52. The molecule has 4 nitrogen and oxygen atoms in total. The summed E-state index contributed by atoms with van der Waals surface area (Å²) < 4.78 is 45.9. The summed E-state index contributed by atoms with van der Waals surface area (Å²) in [5.41, 5.74) is -0.115. The van der Waals surface area contributed by atoms with Gasteiger partial charge in [0, 0.05) is 5.56 Å². The van der Waals surface area contributed by atoms with Crippen LogP contribution in [0, 0.1) is 0 Å². The third-order valence-electron chi connectivity index (χ3n) is 2.38. The van der Waals surface area contributed by atoms with Gasteiger partial charge in [-0.05, 0) is 26.0 Å². The molecule has 0 N–H and O–H groups in total. The number of carbonyl (C=O) groups excluding carboxylic acids is 2. The van der Waals surface area contributed by atoms with Crippen molar-refractivity contribution in [3.8, 4) is 5.75 Å². The molecule has 8 heteroatoms. The third-order valence-corrected chi connectivity index (χ3v) is 3.52. The number of halogens is 4. The molecule has 0 aliphatic heterocycles. The number of hydrogen-bond acceptors (Lipinski definition) is 4. The van der Waals surface area contributed by atoms with Crippen LogP contribution in [0.4, 0.5) is 13.2 Å². The van der Waals surface area contributed by atoms with Crippen molar-refractivity contribution >= 4 is 27.7 Å². The van der Waals surface area contributed by atoms with Gasteiger partial charge in [0.15, 0.2) is 0 Å². The van der Waals surface area contributed by atoms with Gasteiger partial charge in [0.25, 0.3) is 0 Å². The second-order valence-corrected chi connectivity index (χ2v) is 4.91. The topological polar surface area (TPSA) is 52.6 Å². The molecule has 0 radical (unpaired) electrons. The molecule has 0 aliphatic rings. The normalized spacial score (nSPS) is 12.7. The Morgan fingerprint density at radius 1 is 1.33 bits per heavy atom. The zero-order valence-electron chi connectivity index (χ0n) is 11.2. The Bertz CT molecular complexity index is 543. The van der Waals surface area contributed by atoms with Crippen LogP contribution in [0.2, 0.25) is 0 Å². The number of rotatable bonds is 5. The summed E-state index contributed by atoms with van der Waals surface area (Å²) in [6, 6.07) is 3.39. The molecule has 1 aromatic rings. The van der Waals surface area contributed by atoms with E-state index in [1.807, 2.05) is 0 Å². The van der Waals surface area contributed by atoms with Gasteiger partial charge >= 0.3 is 12.3 Å². The van der Waals surface area contributed by atoms with Crippen LogP contribution < -0.4 is 4.74 Å². The Labute approximate surface area is 127 Å². The summed E-state index contributed by atoms with van der Waals surface area (Å²) in [5, 5.41) is 0. The number of esters is 1. The fraction of sp³-hybridized carbons (Fsp3) is 0.385. The molecule has 116 valence electrons. The maximum Gasteiger partial charge on any atom is 0.573 e. The zero-order valence-corrected chi connectivity index (χ0v) is 12.7. The van der Waals surface area contributed by atoms with Crippen molar-refractivity contribution in [2.45, 2.75) is 25.0 Å². The van der Waals surface area contributed by atoms with E-state index in [-0.39, 0.29) is 17.7 Å². The summed E-state index contributed by atoms with van der Waals surface area (Å²) in [6.07, 6.45) is -4.94. The number of benzene rings is 1. The van der Waals surface area contributed by atoms with E-state index in [4.69, 9.17) is 4.74 Å². The lowest BCUT2D eigenvalue weighted by Crippen LogP contribution is -2.19. The molecule has 1 atom stereocenters. The van der Waals surface area contributed by atoms with Crippen molar-refractivity contribution in [1.82, 2.24) is 0 Å². The van der Waals surface area contributed by atoms with Crippen LogP contribution in [-0.2, 0) is 9.53 Å². The first-order valence-electron chi connectivity index (χ1n) is 5.87. The monoisotopic (exact) mass is 368 g/mol. The van der Waals surface area contributed by atoms with Gasteiger partial charge in [-0.1, -0.05) is 22.0 Å². The average Bonchev–Trinajstić information content (AvgIpc) is 2.36. The quantitative estimate of drug-likeness (QED) is 0.586. The third kappa shape index (κ3) is 5.04. The first-order chi connectivity index (χ1) is 9.65. The largest absolute Gasteiger partial charge is 0.573 e. The Morgan fingerprint density at radius 2 is 1.95 bits per heavy atom. The van der Waals surface area contributed by atoms with Crippen molar-refractivity contribution in [2.24, 2.45) is 0 Å². The highest BCUT2D eigenvalue weighted by Gasteiger charge is 2.33. The molecule has 0 heterocycles. The molecule has 0 saturated carbocycles. The summed E-state index contributed by atoms with van der Waals surface area (Å²) in [6.45, 7) is 2.88. The second kappa shape index (κ2) is 6.93. The second-order valence-electron chi connectivity index (χ2n) is 3.99. The molecule has 0 spiro atoms. The summed E-state index contributed by atoms with van der Waals surface area (Å²) in [5.74, 6) is -1.79. The molecule has 0 fully saturated rings. The minimum Gasteiger partial charge on any atom is -0.462 e. The predicted octanol–water partition coefficient (Wildman–Crippen LogP) is 3.79. The molecule has 0 bridgehead atoms. The molecule has 0 aromatic heterocycles. The highest BCUT2D eigenvalue weighted by molar-refractivity contribution is 9.09. The van der Waals surface area contributed by atoms with Crippen LogP contribution in [0.25, 0.3) is 0 Å². The SMILES string of the molecule is CCOC(=O)c1ccc(C(Br)C(C)=O)c(OC(F)(F)F)c1. The first-order valence-corrected chi connectivity index (χ1v) is 6.78. The van der Waals surface area contributed by atoms with Crippen LogP contribution in [-0.4, -0.2) is 24.7 Å². The van der Waals surface area contributed by atoms with Crippen LogP contribution >= 0.6 is 15.9 Å². The molecule has 1 aromatic carbocycles. The molecule has 1 unspecified atom stereocenters. The number of ketones is 1. The number of hydrogen-bond donors (Lipinski definition) is 0. The summed E-state index contributed by atoms with van der Waals surface area (Å²) >= 11 is 2.99. The lowest BCUT2D eigenvalue weighted by Gasteiger charge is -2.16. The van der Waals surface area contributed by atoms with E-state index in [0.717, 1.165) is 6.07 Å². The van der Waals surface area contributed by atoms with Crippen molar-refractivity contribution in [2.75, 3.05) is 6.61 Å². The maximum absolute atomic E-state index is 12.4. The molecule has 1 rings (SSSR count). The molecule has 0 saturated heterocycles. The molecule has 21 heavy (non-hydrogen) atoms. The van der Waals surface area contributed by atoms with Crippen molar-refractivity contribution in [3.05, 3.63) is 29.3 Å². The van der Waals surface area contributed by atoms with Gasteiger partial charge < -0.3 is 9.47 Å². The van der Waals surface area contributed by atoms with E-state index in [1.54, 1.807) is 6.92 Å². The van der Waals surface area contributed by atoms with Gasteiger partial charge in [-0.3, -0.25) is 4.79 Å². The number of Topliss-reactive ketones (excluding diaryl/α,β-unsaturated/α-hetero) is 1. The van der Waals surface area contributed by atoms with E-state index in [9.17, 15) is 22.8 Å². The molecule has 0 amide bonds. The van der Waals surface area contributed by atoms with Crippen molar-refractivity contribution in [3.63, 3.8) is 0 Å². The van der Waals surface area contributed by atoms with E-state index in [2.05, 4.69) is 20.7 Å². The first kappa shape index (κ1) is 17.5. The predicted molar refractivity (Wildman–Crippen MR) is 71.4 cm³/mol. The Morgan fingerprint density at radius 3 is 2.43 bits per heavy atom. The number of carbonyl (C=O) groups is 2. The number of ether oxygens (including phenoxy) is 2. The minimum absolute atomic E-state index is 0.0205. The average molecular weight is 369 g/mol. The van der Waals surface area contributed by atoms with Gasteiger partial charge in [0.2, 0.25) is 0 Å². The fourth-order valence-corrected chi connectivity index (χ4v) is 1.90. The lowest BCUT2D eigenvalue weighted by atomic mass is 10.1. The Kier molecular flexibility index (Phi) is 5.77. The van der Waals surface area contributed by atoms with Gasteiger partial charge in [0.05, 0.1) is 12.2 Å². The van der Waals surface area contributed by atoms with E-state index in [0.29, 0.717) is 0 Å². The van der Waals surface area contributed by atoms with Crippen molar-refractivity contribution < 1.29 is 32.2 Å². The highest BCUT2D eigenvalue weighted by Crippen LogP contribution is 2.35. The maximum atomic E-state index is 12.4. The van der Waals surface area contributed by atoms with Crippen LogP contribution in [0.1, 0.15) is 34.6 Å². The van der Waals surface area contributed by atoms with E-state index >= 15 is 0 Å². The van der Waals surface area contributed by atoms with Crippen LogP contribution in [0.15, 0.2) is 18.2 Å². The highest BCUT2D eigenvalue weighted by atomic mass is 79.9. The van der Waals surface area contributed by atoms with E-state index < -0.39 is 28.7 Å². The van der Waals surface area contributed by atoms with Gasteiger partial charge in [-0.2, -0.15) is 0 Å². The lowest BCUT2D eigenvalue weighted by molar-refractivity contribution is -0.274.